The molecule has 0 aliphatic heterocycles. The Bertz CT molecular complexity index is 411. The van der Waals surface area contributed by atoms with E-state index in [9.17, 15) is 5.11 Å². The maximum absolute atomic E-state index is 9.94. The van der Waals surface area contributed by atoms with E-state index in [0.717, 1.165) is 0 Å². The third kappa shape index (κ3) is 2.74. The summed E-state index contributed by atoms with van der Waals surface area (Å²) in [6, 6.07) is 8.95. The monoisotopic (exact) mass is 219 g/mol. The average molecular weight is 219 g/mol. The first-order valence-corrected chi connectivity index (χ1v) is 5.18. The summed E-state index contributed by atoms with van der Waals surface area (Å²) < 4.78 is 5.71. The number of hydrogen-bond donors (Lipinski definition) is 1. The number of rotatable bonds is 3. The molecule has 1 aromatic carbocycles. The number of nitriles is 1. The molecular formula is C13H17NO2. The van der Waals surface area contributed by atoms with E-state index in [-0.39, 0.29) is 0 Å². The van der Waals surface area contributed by atoms with E-state index in [0.29, 0.717) is 11.3 Å². The lowest BCUT2D eigenvalue weighted by atomic mass is 9.89. The summed E-state index contributed by atoms with van der Waals surface area (Å²) in [5.74, 6) is 0.589. The third-order valence-corrected chi connectivity index (χ3v) is 2.81. The van der Waals surface area contributed by atoms with Gasteiger partial charge in [0.1, 0.15) is 11.4 Å². The van der Waals surface area contributed by atoms with Gasteiger partial charge in [-0.05, 0) is 45.9 Å². The molecule has 0 aliphatic carbocycles. The summed E-state index contributed by atoms with van der Waals surface area (Å²) in [4.78, 5) is 0. The van der Waals surface area contributed by atoms with Crippen LogP contribution >= 0.6 is 0 Å². The van der Waals surface area contributed by atoms with Crippen molar-refractivity contribution >= 4 is 0 Å². The topological polar surface area (TPSA) is 53.2 Å². The first-order valence-electron chi connectivity index (χ1n) is 5.18. The van der Waals surface area contributed by atoms with Crippen LogP contribution in [0.15, 0.2) is 24.3 Å². The van der Waals surface area contributed by atoms with E-state index in [1.807, 2.05) is 19.9 Å². The zero-order chi connectivity index (χ0) is 12.4. The molecule has 0 unspecified atom stereocenters. The SMILES string of the molecule is CC(C)(O)C(C)(C)Oc1cccc(C#N)c1. The van der Waals surface area contributed by atoms with Crippen LogP contribution < -0.4 is 4.74 Å². The zero-order valence-electron chi connectivity index (χ0n) is 10.1. The highest BCUT2D eigenvalue weighted by molar-refractivity contribution is 5.36. The number of ether oxygens (including phenoxy) is 1. The lowest BCUT2D eigenvalue weighted by Crippen LogP contribution is -2.49. The van der Waals surface area contributed by atoms with Crippen molar-refractivity contribution < 1.29 is 9.84 Å². The molecule has 3 heteroatoms. The Morgan fingerprint density at radius 3 is 2.38 bits per heavy atom. The Labute approximate surface area is 96.3 Å². The van der Waals surface area contributed by atoms with Crippen LogP contribution in [0.1, 0.15) is 33.3 Å². The smallest absolute Gasteiger partial charge is 0.131 e. The third-order valence-electron chi connectivity index (χ3n) is 2.81. The van der Waals surface area contributed by atoms with Crippen LogP contribution in [0, 0.1) is 11.3 Å². The van der Waals surface area contributed by atoms with E-state index in [1.54, 1.807) is 38.1 Å². The van der Waals surface area contributed by atoms with Gasteiger partial charge < -0.3 is 9.84 Å². The molecule has 0 heterocycles. The standard InChI is InChI=1S/C13H17NO2/c1-12(2,15)13(3,4)16-11-7-5-6-10(8-11)9-14/h5-8,15H,1-4H3. The van der Waals surface area contributed by atoms with Crippen molar-refractivity contribution in [1.29, 1.82) is 5.26 Å². The van der Waals surface area contributed by atoms with Gasteiger partial charge >= 0.3 is 0 Å². The van der Waals surface area contributed by atoms with Crippen molar-refractivity contribution in [3.8, 4) is 11.8 Å². The van der Waals surface area contributed by atoms with Gasteiger partial charge in [0, 0.05) is 0 Å². The Hall–Kier alpha value is -1.53. The van der Waals surface area contributed by atoms with E-state index >= 15 is 0 Å². The maximum atomic E-state index is 9.94. The van der Waals surface area contributed by atoms with Gasteiger partial charge in [-0.15, -0.1) is 0 Å². The predicted molar refractivity (Wildman–Crippen MR) is 62.2 cm³/mol. The minimum absolute atomic E-state index is 0.545. The van der Waals surface area contributed by atoms with Gasteiger partial charge in [-0.2, -0.15) is 5.26 Å². The van der Waals surface area contributed by atoms with Gasteiger partial charge in [-0.3, -0.25) is 0 Å². The van der Waals surface area contributed by atoms with Gasteiger partial charge in [0.25, 0.3) is 0 Å². The van der Waals surface area contributed by atoms with Crippen LogP contribution in [0.2, 0.25) is 0 Å². The molecule has 0 saturated carbocycles. The highest BCUT2D eigenvalue weighted by Crippen LogP contribution is 2.28. The second-order valence-electron chi connectivity index (χ2n) is 4.81. The van der Waals surface area contributed by atoms with Gasteiger partial charge in [-0.25, -0.2) is 0 Å². The second-order valence-corrected chi connectivity index (χ2v) is 4.81. The van der Waals surface area contributed by atoms with Crippen molar-refractivity contribution in [2.24, 2.45) is 0 Å². The van der Waals surface area contributed by atoms with Crippen LogP contribution in [0.4, 0.5) is 0 Å². The molecule has 1 N–H and O–H groups in total. The minimum Gasteiger partial charge on any atom is -0.485 e. The van der Waals surface area contributed by atoms with Crippen LogP contribution in [0.5, 0.6) is 5.75 Å². The molecule has 0 saturated heterocycles. The first-order chi connectivity index (χ1) is 7.26. The average Bonchev–Trinajstić information content (AvgIpc) is 2.15. The molecule has 16 heavy (non-hydrogen) atoms. The number of aliphatic hydroxyl groups is 1. The fourth-order valence-corrected chi connectivity index (χ4v) is 1.05. The first kappa shape index (κ1) is 12.5. The molecule has 0 aromatic heterocycles. The lowest BCUT2D eigenvalue weighted by molar-refractivity contribution is -0.0906. The van der Waals surface area contributed by atoms with Crippen molar-refractivity contribution in [2.75, 3.05) is 0 Å². The van der Waals surface area contributed by atoms with Gasteiger partial charge in [0.05, 0.1) is 17.2 Å². The summed E-state index contributed by atoms with van der Waals surface area (Å²) in [7, 11) is 0. The highest BCUT2D eigenvalue weighted by atomic mass is 16.5. The van der Waals surface area contributed by atoms with Crippen LogP contribution in [0.25, 0.3) is 0 Å². The molecule has 0 bridgehead atoms. The van der Waals surface area contributed by atoms with Gasteiger partial charge in [0.2, 0.25) is 0 Å². The predicted octanol–water partition coefficient (Wildman–Crippen LogP) is 2.49. The van der Waals surface area contributed by atoms with Crippen LogP contribution in [0.3, 0.4) is 0 Å². The summed E-state index contributed by atoms with van der Waals surface area (Å²) in [5, 5.41) is 18.7. The molecule has 0 fully saturated rings. The molecule has 0 atom stereocenters. The van der Waals surface area contributed by atoms with Gasteiger partial charge in [-0.1, -0.05) is 6.07 Å². The normalized spacial score (nSPS) is 12.0. The van der Waals surface area contributed by atoms with Gasteiger partial charge in [0.15, 0.2) is 0 Å². The maximum Gasteiger partial charge on any atom is 0.131 e. The molecule has 0 amide bonds. The van der Waals surface area contributed by atoms with Crippen molar-refractivity contribution in [1.82, 2.24) is 0 Å². The fourth-order valence-electron chi connectivity index (χ4n) is 1.05. The molecule has 0 aliphatic rings. The van der Waals surface area contributed by atoms with Crippen molar-refractivity contribution in [3.05, 3.63) is 29.8 Å². The quantitative estimate of drug-likeness (QED) is 0.849. The minimum atomic E-state index is -0.963. The number of hydrogen-bond acceptors (Lipinski definition) is 3. The van der Waals surface area contributed by atoms with E-state index in [1.165, 1.54) is 0 Å². The molecule has 1 rings (SSSR count). The largest absolute Gasteiger partial charge is 0.485 e. The molecule has 86 valence electrons. The van der Waals surface area contributed by atoms with Crippen LogP contribution in [-0.2, 0) is 0 Å². The summed E-state index contributed by atoms with van der Waals surface area (Å²) in [5.41, 5.74) is -1.14. The fraction of sp³-hybridized carbons (Fsp3) is 0.462. The molecule has 3 nitrogen and oxygen atoms in total. The zero-order valence-corrected chi connectivity index (χ0v) is 10.1. The lowest BCUT2D eigenvalue weighted by Gasteiger charge is -2.37. The van der Waals surface area contributed by atoms with E-state index in [4.69, 9.17) is 10.00 Å². The summed E-state index contributed by atoms with van der Waals surface area (Å²) in [6.07, 6.45) is 0. The number of nitrogens with zero attached hydrogens (tertiary/aromatic N) is 1. The van der Waals surface area contributed by atoms with E-state index in [2.05, 4.69) is 0 Å². The molecule has 1 aromatic rings. The number of benzene rings is 1. The van der Waals surface area contributed by atoms with E-state index < -0.39 is 11.2 Å². The van der Waals surface area contributed by atoms with Crippen LogP contribution in [-0.4, -0.2) is 16.3 Å². The van der Waals surface area contributed by atoms with Crippen molar-refractivity contribution in [2.45, 2.75) is 38.9 Å². The molecule has 0 radical (unpaired) electrons. The Morgan fingerprint density at radius 1 is 1.25 bits per heavy atom. The van der Waals surface area contributed by atoms with Crippen molar-refractivity contribution in [3.63, 3.8) is 0 Å². The Morgan fingerprint density at radius 2 is 1.88 bits per heavy atom. The highest BCUT2D eigenvalue weighted by Gasteiger charge is 2.37. The summed E-state index contributed by atoms with van der Waals surface area (Å²) in [6.45, 7) is 7.01. The molecule has 0 spiro atoms. The second kappa shape index (κ2) is 4.15. The summed E-state index contributed by atoms with van der Waals surface area (Å²) >= 11 is 0. The Kier molecular flexibility index (Phi) is 3.25. The Balaban J connectivity index is 2.93. The molecular weight excluding hydrogens is 202 g/mol.